The van der Waals surface area contributed by atoms with E-state index in [1.165, 1.54) is 6.26 Å². The van der Waals surface area contributed by atoms with E-state index in [0.29, 0.717) is 4.90 Å². The van der Waals surface area contributed by atoms with Gasteiger partial charge in [-0.3, -0.25) is 0 Å². The zero-order valence-electron chi connectivity index (χ0n) is 10.4. The first-order valence-electron chi connectivity index (χ1n) is 5.72. The fraction of sp³-hybridized carbons (Fsp3) is 0.0667. The van der Waals surface area contributed by atoms with Gasteiger partial charge in [0.1, 0.15) is 5.75 Å². The van der Waals surface area contributed by atoms with Crippen molar-refractivity contribution in [1.82, 2.24) is 0 Å². The van der Waals surface area contributed by atoms with Crippen molar-refractivity contribution in [2.24, 2.45) is 0 Å². The van der Waals surface area contributed by atoms with E-state index in [0.717, 1.165) is 11.1 Å². The Kier molecular flexibility index (Phi) is 3.71. The standard InChI is InChI=1S/C15H14O3S/c1-19(17,18)15-10-6-13(7-11-15)3-2-12-4-8-14(16)9-5-12/h2-11,16H,1H3. The number of benzene rings is 2. The summed E-state index contributed by atoms with van der Waals surface area (Å²) in [6.07, 6.45) is 4.97. The molecule has 0 aliphatic rings. The van der Waals surface area contributed by atoms with E-state index in [2.05, 4.69) is 0 Å². The minimum Gasteiger partial charge on any atom is -0.508 e. The van der Waals surface area contributed by atoms with Crippen LogP contribution in [-0.2, 0) is 9.84 Å². The summed E-state index contributed by atoms with van der Waals surface area (Å²) in [4.78, 5) is 0.314. The van der Waals surface area contributed by atoms with Gasteiger partial charge in [0.2, 0.25) is 0 Å². The van der Waals surface area contributed by atoms with Crippen LogP contribution in [0.1, 0.15) is 11.1 Å². The number of rotatable bonds is 3. The van der Waals surface area contributed by atoms with Crippen molar-refractivity contribution in [3.63, 3.8) is 0 Å². The molecule has 0 fully saturated rings. The highest BCUT2D eigenvalue weighted by atomic mass is 32.2. The average Bonchev–Trinajstić information content (AvgIpc) is 2.37. The first-order valence-corrected chi connectivity index (χ1v) is 7.61. The second-order valence-corrected chi connectivity index (χ2v) is 6.28. The maximum atomic E-state index is 11.3. The average molecular weight is 274 g/mol. The molecule has 0 saturated heterocycles. The summed E-state index contributed by atoms with van der Waals surface area (Å²) in [6, 6.07) is 13.5. The maximum Gasteiger partial charge on any atom is 0.175 e. The Morgan fingerprint density at radius 1 is 0.842 bits per heavy atom. The Hall–Kier alpha value is -2.07. The third-order valence-corrected chi connectivity index (χ3v) is 3.80. The lowest BCUT2D eigenvalue weighted by Crippen LogP contribution is -1.95. The minimum absolute atomic E-state index is 0.231. The molecular weight excluding hydrogens is 260 g/mol. The van der Waals surface area contributed by atoms with E-state index in [4.69, 9.17) is 5.11 Å². The number of phenols is 1. The van der Waals surface area contributed by atoms with Crippen LogP contribution in [-0.4, -0.2) is 19.8 Å². The van der Waals surface area contributed by atoms with Gasteiger partial charge in [0.25, 0.3) is 0 Å². The predicted molar refractivity (Wildman–Crippen MR) is 76.6 cm³/mol. The van der Waals surface area contributed by atoms with Crippen molar-refractivity contribution in [2.75, 3.05) is 6.26 Å². The van der Waals surface area contributed by atoms with E-state index >= 15 is 0 Å². The molecule has 0 amide bonds. The van der Waals surface area contributed by atoms with Gasteiger partial charge in [-0.25, -0.2) is 8.42 Å². The lowest BCUT2D eigenvalue weighted by atomic mass is 10.1. The Labute approximate surface area is 112 Å². The van der Waals surface area contributed by atoms with Gasteiger partial charge in [-0.05, 0) is 35.4 Å². The molecular formula is C15H14O3S. The molecule has 0 heterocycles. The molecule has 1 N–H and O–H groups in total. The SMILES string of the molecule is CS(=O)(=O)c1ccc(C=Cc2ccc(O)cc2)cc1. The second-order valence-electron chi connectivity index (χ2n) is 4.27. The molecule has 98 valence electrons. The van der Waals surface area contributed by atoms with Gasteiger partial charge in [-0.2, -0.15) is 0 Å². The lowest BCUT2D eigenvalue weighted by molar-refractivity contribution is 0.475. The van der Waals surface area contributed by atoms with Crippen molar-refractivity contribution >= 4 is 22.0 Å². The maximum absolute atomic E-state index is 11.3. The van der Waals surface area contributed by atoms with Crippen LogP contribution in [0.2, 0.25) is 0 Å². The number of aromatic hydroxyl groups is 1. The zero-order valence-corrected chi connectivity index (χ0v) is 11.3. The van der Waals surface area contributed by atoms with Crippen molar-refractivity contribution in [1.29, 1.82) is 0 Å². The van der Waals surface area contributed by atoms with Crippen LogP contribution in [0, 0.1) is 0 Å². The highest BCUT2D eigenvalue weighted by Gasteiger charge is 2.04. The Morgan fingerprint density at radius 2 is 1.26 bits per heavy atom. The fourth-order valence-electron chi connectivity index (χ4n) is 1.60. The first-order chi connectivity index (χ1) is 8.95. The molecule has 0 spiro atoms. The molecule has 19 heavy (non-hydrogen) atoms. The Morgan fingerprint density at radius 3 is 1.68 bits per heavy atom. The molecule has 2 rings (SSSR count). The second kappa shape index (κ2) is 5.28. The van der Waals surface area contributed by atoms with Crippen molar-refractivity contribution in [3.05, 3.63) is 59.7 Å². The van der Waals surface area contributed by atoms with E-state index in [1.54, 1.807) is 48.5 Å². The quantitative estimate of drug-likeness (QED) is 0.875. The number of hydrogen-bond donors (Lipinski definition) is 1. The van der Waals surface area contributed by atoms with Crippen LogP contribution in [0.15, 0.2) is 53.4 Å². The van der Waals surface area contributed by atoms with Crippen LogP contribution < -0.4 is 0 Å². The summed E-state index contributed by atoms with van der Waals surface area (Å²) < 4.78 is 22.6. The molecule has 0 aliphatic carbocycles. The van der Waals surface area contributed by atoms with E-state index < -0.39 is 9.84 Å². The molecule has 4 heteroatoms. The summed E-state index contributed by atoms with van der Waals surface area (Å²) in [6.45, 7) is 0. The van der Waals surface area contributed by atoms with Crippen LogP contribution in [0.4, 0.5) is 0 Å². The number of hydrogen-bond acceptors (Lipinski definition) is 3. The predicted octanol–water partition coefficient (Wildman–Crippen LogP) is 2.97. The summed E-state index contributed by atoms with van der Waals surface area (Å²) in [5, 5.41) is 9.17. The Balaban J connectivity index is 2.18. The molecule has 2 aromatic rings. The summed E-state index contributed by atoms with van der Waals surface area (Å²) in [7, 11) is -3.14. The van der Waals surface area contributed by atoms with Crippen LogP contribution in [0.25, 0.3) is 12.2 Å². The lowest BCUT2D eigenvalue weighted by Gasteiger charge is -1.99. The smallest absolute Gasteiger partial charge is 0.175 e. The molecule has 0 atom stereocenters. The van der Waals surface area contributed by atoms with Gasteiger partial charge in [-0.1, -0.05) is 36.4 Å². The van der Waals surface area contributed by atoms with E-state index in [1.807, 2.05) is 12.2 Å². The number of sulfone groups is 1. The Bertz CT molecular complexity index is 681. The monoisotopic (exact) mass is 274 g/mol. The van der Waals surface area contributed by atoms with E-state index in [-0.39, 0.29) is 5.75 Å². The molecule has 3 nitrogen and oxygen atoms in total. The zero-order chi connectivity index (χ0) is 13.9. The van der Waals surface area contributed by atoms with E-state index in [9.17, 15) is 8.42 Å². The summed E-state index contributed by atoms with van der Waals surface area (Å²) in [5.74, 6) is 0.231. The normalized spacial score (nSPS) is 11.8. The molecule has 0 radical (unpaired) electrons. The van der Waals surface area contributed by atoms with Crippen molar-refractivity contribution < 1.29 is 13.5 Å². The molecule has 0 unspecified atom stereocenters. The molecule has 0 bridgehead atoms. The summed E-state index contributed by atoms with van der Waals surface area (Å²) in [5.41, 5.74) is 1.88. The molecule has 0 saturated carbocycles. The highest BCUT2D eigenvalue weighted by Crippen LogP contribution is 2.14. The highest BCUT2D eigenvalue weighted by molar-refractivity contribution is 7.90. The third kappa shape index (κ3) is 3.69. The van der Waals surface area contributed by atoms with Gasteiger partial charge in [0, 0.05) is 6.26 Å². The van der Waals surface area contributed by atoms with Crippen LogP contribution in [0.3, 0.4) is 0 Å². The van der Waals surface area contributed by atoms with Gasteiger partial charge < -0.3 is 5.11 Å². The minimum atomic E-state index is -3.14. The van der Waals surface area contributed by atoms with Crippen LogP contribution in [0.5, 0.6) is 5.75 Å². The first kappa shape index (κ1) is 13.4. The number of phenolic OH excluding ortho intramolecular Hbond substituents is 1. The van der Waals surface area contributed by atoms with Gasteiger partial charge in [0.05, 0.1) is 4.90 Å². The molecule has 2 aromatic carbocycles. The summed E-state index contributed by atoms with van der Waals surface area (Å²) >= 11 is 0. The van der Waals surface area contributed by atoms with Gasteiger partial charge in [-0.15, -0.1) is 0 Å². The van der Waals surface area contributed by atoms with Gasteiger partial charge in [0.15, 0.2) is 9.84 Å². The van der Waals surface area contributed by atoms with Crippen LogP contribution >= 0.6 is 0 Å². The largest absolute Gasteiger partial charge is 0.508 e. The third-order valence-electron chi connectivity index (χ3n) is 2.67. The molecule has 0 aliphatic heterocycles. The fourth-order valence-corrected chi connectivity index (χ4v) is 2.23. The van der Waals surface area contributed by atoms with Gasteiger partial charge >= 0.3 is 0 Å². The van der Waals surface area contributed by atoms with Crippen molar-refractivity contribution in [2.45, 2.75) is 4.90 Å². The topological polar surface area (TPSA) is 54.4 Å². The van der Waals surface area contributed by atoms with Crippen molar-refractivity contribution in [3.8, 4) is 5.75 Å². The molecule has 0 aromatic heterocycles.